The van der Waals surface area contributed by atoms with Crippen LogP contribution in [0.2, 0.25) is 5.02 Å². The molecule has 1 atom stereocenters. The molecule has 0 aliphatic carbocycles. The van der Waals surface area contributed by atoms with E-state index in [9.17, 15) is 9.59 Å². The fourth-order valence-electron chi connectivity index (χ4n) is 3.01. The number of amides is 1. The third-order valence-corrected chi connectivity index (χ3v) is 7.36. The Bertz CT molecular complexity index is 1140. The topological polar surface area (TPSA) is 112 Å². The van der Waals surface area contributed by atoms with Gasteiger partial charge in [0.05, 0.1) is 12.2 Å². The van der Waals surface area contributed by atoms with E-state index in [2.05, 4.69) is 15.5 Å². The summed E-state index contributed by atoms with van der Waals surface area (Å²) in [6.45, 7) is 7.41. The van der Waals surface area contributed by atoms with E-state index in [-0.39, 0.29) is 18.5 Å². The van der Waals surface area contributed by atoms with Gasteiger partial charge in [0.15, 0.2) is 5.16 Å². The molecule has 2 aromatic heterocycles. The van der Waals surface area contributed by atoms with Gasteiger partial charge >= 0.3 is 5.97 Å². The van der Waals surface area contributed by atoms with Crippen LogP contribution in [-0.4, -0.2) is 33.2 Å². The van der Waals surface area contributed by atoms with Crippen molar-refractivity contribution in [2.24, 2.45) is 0 Å². The summed E-state index contributed by atoms with van der Waals surface area (Å²) in [5.41, 5.74) is 8.12. The van der Waals surface area contributed by atoms with E-state index in [1.165, 1.54) is 23.1 Å². The Balaban J connectivity index is 1.80. The normalized spacial score (nSPS) is 11.9. The number of nitrogens with one attached hydrogen (secondary N) is 1. The molecule has 8 nitrogen and oxygen atoms in total. The summed E-state index contributed by atoms with van der Waals surface area (Å²) in [4.78, 5) is 26.4. The van der Waals surface area contributed by atoms with Gasteiger partial charge in [-0.25, -0.2) is 4.79 Å². The molecule has 1 amide bonds. The molecule has 3 rings (SSSR count). The van der Waals surface area contributed by atoms with Gasteiger partial charge in [0.1, 0.15) is 11.0 Å². The number of esters is 1. The lowest BCUT2D eigenvalue weighted by Gasteiger charge is -2.16. The molecular weight excluding hydrogens is 470 g/mol. The number of aryl methyl sites for hydroxylation is 1. The first-order valence-electron chi connectivity index (χ1n) is 9.89. The Morgan fingerprint density at radius 2 is 2.03 bits per heavy atom. The van der Waals surface area contributed by atoms with E-state index in [1.54, 1.807) is 18.4 Å². The summed E-state index contributed by atoms with van der Waals surface area (Å²) < 4.78 is 6.72. The van der Waals surface area contributed by atoms with Crippen LogP contribution >= 0.6 is 34.7 Å². The molecule has 0 fully saturated rings. The molecule has 170 valence electrons. The average Bonchev–Trinajstić information content (AvgIpc) is 3.25. The summed E-state index contributed by atoms with van der Waals surface area (Å²) in [6, 6.07) is 6.80. The van der Waals surface area contributed by atoms with Gasteiger partial charge in [0.25, 0.3) is 0 Å². The molecule has 3 aromatic rings. The number of hydrogen-bond donors (Lipinski definition) is 2. The van der Waals surface area contributed by atoms with Gasteiger partial charge < -0.3 is 15.8 Å². The van der Waals surface area contributed by atoms with Crippen molar-refractivity contribution >= 4 is 57.5 Å². The maximum absolute atomic E-state index is 13.1. The number of benzene rings is 1. The highest BCUT2D eigenvalue weighted by molar-refractivity contribution is 7.98. The average molecular weight is 494 g/mol. The molecule has 2 heterocycles. The Morgan fingerprint density at radius 1 is 1.31 bits per heavy atom. The van der Waals surface area contributed by atoms with Crippen LogP contribution in [0.5, 0.6) is 0 Å². The number of anilines is 2. The van der Waals surface area contributed by atoms with Crippen LogP contribution in [0, 0.1) is 13.8 Å². The number of thiophene rings is 1. The zero-order chi connectivity index (χ0) is 23.4. The lowest BCUT2D eigenvalue weighted by Crippen LogP contribution is -2.25. The molecule has 0 aliphatic rings. The summed E-state index contributed by atoms with van der Waals surface area (Å²) in [7, 11) is 0. The zero-order valence-electron chi connectivity index (χ0n) is 18.1. The number of hydrogen-bond acceptors (Lipinski definition) is 8. The maximum atomic E-state index is 13.1. The number of thioether (sulfide) groups is 1. The molecule has 3 N–H and O–H groups in total. The second-order valence-electron chi connectivity index (χ2n) is 6.96. The largest absolute Gasteiger partial charge is 0.462 e. The molecule has 0 bridgehead atoms. The lowest BCUT2D eigenvalue weighted by molar-refractivity contribution is -0.118. The number of aromatic nitrogens is 3. The van der Waals surface area contributed by atoms with E-state index < -0.39 is 12.0 Å². The Kier molecular flexibility index (Phi) is 7.81. The van der Waals surface area contributed by atoms with Crippen molar-refractivity contribution in [1.82, 2.24) is 14.8 Å². The lowest BCUT2D eigenvalue weighted by atomic mass is 10.1. The predicted octanol–water partition coefficient (Wildman–Crippen LogP) is 4.86. The monoisotopic (exact) mass is 493 g/mol. The summed E-state index contributed by atoms with van der Waals surface area (Å²) in [6.07, 6.45) is 0. The van der Waals surface area contributed by atoms with Crippen LogP contribution < -0.4 is 11.1 Å². The molecule has 0 aliphatic heterocycles. The highest BCUT2D eigenvalue weighted by Gasteiger charge is 2.26. The molecule has 1 unspecified atom stereocenters. The summed E-state index contributed by atoms with van der Waals surface area (Å²) in [5, 5.41) is 12.5. The van der Waals surface area contributed by atoms with E-state index in [0.29, 0.717) is 26.5 Å². The summed E-state index contributed by atoms with van der Waals surface area (Å²) >= 11 is 8.95. The second-order valence-corrected chi connectivity index (χ2v) is 9.54. The van der Waals surface area contributed by atoms with Gasteiger partial charge in [-0.15, -0.1) is 21.5 Å². The standard InChI is InChI=1S/C21H24ClN5O3S2/c1-5-30-19(29)16-11(2)13(4)32-18(16)24-17(28)12(3)27-20(23)25-26-21(27)31-10-14-8-6-7-9-15(14)22/h6-9,12H,5,10H2,1-4H3,(H2,23,25)(H,24,28). The SMILES string of the molecule is CCOC(=O)c1c(NC(=O)C(C)n2c(N)nnc2SCc2ccccc2Cl)sc(C)c1C. The third kappa shape index (κ3) is 5.08. The van der Waals surface area contributed by atoms with Crippen LogP contribution in [0.4, 0.5) is 10.9 Å². The van der Waals surface area contributed by atoms with Crippen molar-refractivity contribution in [3.63, 3.8) is 0 Å². The Morgan fingerprint density at radius 3 is 2.72 bits per heavy atom. The first-order valence-corrected chi connectivity index (χ1v) is 12.1. The number of ether oxygens (including phenoxy) is 1. The number of nitrogens with zero attached hydrogens (tertiary/aromatic N) is 3. The van der Waals surface area contributed by atoms with Gasteiger partial charge in [-0.3, -0.25) is 9.36 Å². The van der Waals surface area contributed by atoms with E-state index in [1.807, 2.05) is 38.1 Å². The van der Waals surface area contributed by atoms with Crippen molar-refractivity contribution in [3.05, 3.63) is 50.9 Å². The van der Waals surface area contributed by atoms with Crippen molar-refractivity contribution in [3.8, 4) is 0 Å². The van der Waals surface area contributed by atoms with Gasteiger partial charge in [-0.2, -0.15) is 0 Å². The molecule has 0 saturated heterocycles. The number of carbonyl (C=O) groups is 2. The molecule has 11 heteroatoms. The number of halogens is 1. The Labute approximate surface area is 199 Å². The number of carbonyl (C=O) groups excluding carboxylic acids is 2. The van der Waals surface area contributed by atoms with E-state index >= 15 is 0 Å². The van der Waals surface area contributed by atoms with Crippen LogP contribution in [0.15, 0.2) is 29.4 Å². The van der Waals surface area contributed by atoms with Crippen LogP contribution in [0.25, 0.3) is 0 Å². The minimum atomic E-state index is -0.712. The smallest absolute Gasteiger partial charge is 0.341 e. The predicted molar refractivity (Wildman–Crippen MR) is 129 cm³/mol. The number of nitrogen functional groups attached to an aromatic ring is 1. The minimum Gasteiger partial charge on any atom is -0.462 e. The molecule has 0 radical (unpaired) electrons. The molecule has 1 aromatic carbocycles. The number of rotatable bonds is 8. The molecule has 32 heavy (non-hydrogen) atoms. The van der Waals surface area contributed by atoms with Crippen molar-refractivity contribution in [1.29, 1.82) is 0 Å². The molecular formula is C21H24ClN5O3S2. The number of nitrogens with two attached hydrogens (primary N) is 1. The fraction of sp³-hybridized carbons (Fsp3) is 0.333. The Hall–Kier alpha value is -2.56. The quantitative estimate of drug-likeness (QED) is 0.340. The van der Waals surface area contributed by atoms with E-state index in [0.717, 1.165) is 16.0 Å². The molecule has 0 spiro atoms. The van der Waals surface area contributed by atoms with Crippen LogP contribution in [0.3, 0.4) is 0 Å². The second kappa shape index (κ2) is 10.4. The van der Waals surface area contributed by atoms with Gasteiger partial charge in [-0.05, 0) is 44.9 Å². The highest BCUT2D eigenvalue weighted by Crippen LogP contribution is 2.34. The summed E-state index contributed by atoms with van der Waals surface area (Å²) in [5.74, 6) is -0.138. The fourth-order valence-corrected chi connectivity index (χ4v) is 5.37. The zero-order valence-corrected chi connectivity index (χ0v) is 20.5. The van der Waals surface area contributed by atoms with Gasteiger partial charge in [-0.1, -0.05) is 41.6 Å². The van der Waals surface area contributed by atoms with Crippen molar-refractivity contribution in [2.45, 2.75) is 44.6 Å². The molecule has 0 saturated carbocycles. The van der Waals surface area contributed by atoms with Crippen LogP contribution in [0.1, 0.15) is 46.3 Å². The first-order chi connectivity index (χ1) is 15.2. The van der Waals surface area contributed by atoms with Gasteiger partial charge in [0.2, 0.25) is 11.9 Å². The minimum absolute atomic E-state index is 0.124. The first kappa shape index (κ1) is 24.1. The van der Waals surface area contributed by atoms with Crippen molar-refractivity contribution in [2.75, 3.05) is 17.7 Å². The van der Waals surface area contributed by atoms with E-state index in [4.69, 9.17) is 22.1 Å². The van der Waals surface area contributed by atoms with Gasteiger partial charge in [0, 0.05) is 15.7 Å². The third-order valence-electron chi connectivity index (χ3n) is 4.87. The van der Waals surface area contributed by atoms with Crippen molar-refractivity contribution < 1.29 is 14.3 Å². The highest BCUT2D eigenvalue weighted by atomic mass is 35.5. The maximum Gasteiger partial charge on any atom is 0.341 e. The van der Waals surface area contributed by atoms with Crippen LogP contribution in [-0.2, 0) is 15.3 Å².